The number of aromatic nitrogens is 1. The lowest BCUT2D eigenvalue weighted by Crippen LogP contribution is -2.46. The van der Waals surface area contributed by atoms with E-state index >= 15 is 0 Å². The quantitative estimate of drug-likeness (QED) is 0.381. The van der Waals surface area contributed by atoms with E-state index in [9.17, 15) is 13.2 Å². The van der Waals surface area contributed by atoms with E-state index in [-0.39, 0.29) is 11.8 Å². The number of carbonyl (C=O) groups is 1. The zero-order chi connectivity index (χ0) is 26.7. The Balaban J connectivity index is 1.54. The summed E-state index contributed by atoms with van der Waals surface area (Å²) < 4.78 is 28.9. The maximum absolute atomic E-state index is 13.9. The van der Waals surface area contributed by atoms with Crippen molar-refractivity contribution in [1.29, 1.82) is 0 Å². The molecule has 2 aromatic carbocycles. The number of thiazole rings is 1. The molecule has 0 radical (unpaired) electrons. The number of fused-ring (bicyclic) bond motifs is 1. The van der Waals surface area contributed by atoms with Gasteiger partial charge in [0.25, 0.3) is 0 Å². The van der Waals surface area contributed by atoms with Crippen molar-refractivity contribution in [3.05, 3.63) is 53.1 Å². The van der Waals surface area contributed by atoms with E-state index in [2.05, 4.69) is 44.7 Å². The van der Waals surface area contributed by atoms with Crippen molar-refractivity contribution in [3.63, 3.8) is 0 Å². The molecule has 0 unspecified atom stereocenters. The molecule has 0 saturated carbocycles. The highest BCUT2D eigenvalue weighted by Gasteiger charge is 2.35. The molecule has 0 aliphatic carbocycles. The van der Waals surface area contributed by atoms with E-state index in [1.165, 1.54) is 9.87 Å². The monoisotopic (exact) mass is 542 g/mol. The van der Waals surface area contributed by atoms with Gasteiger partial charge in [0.1, 0.15) is 0 Å². The number of piperidine rings is 1. The lowest BCUT2D eigenvalue weighted by atomic mass is 9.96. The highest BCUT2D eigenvalue weighted by Crippen LogP contribution is 2.34. The summed E-state index contributed by atoms with van der Waals surface area (Å²) in [5, 5.41) is 0.732. The average molecular weight is 543 g/mol. The maximum Gasteiger partial charge on any atom is 0.243 e. The predicted octanol–water partition coefficient (Wildman–Crippen LogP) is 5.00. The molecule has 9 heteroatoms. The molecule has 0 N–H and O–H groups in total. The van der Waals surface area contributed by atoms with E-state index in [0.717, 1.165) is 46.1 Å². The molecule has 4 rings (SSSR count). The molecule has 0 spiro atoms. The van der Waals surface area contributed by atoms with Crippen LogP contribution in [0.3, 0.4) is 0 Å². The van der Waals surface area contributed by atoms with Crippen molar-refractivity contribution in [2.75, 3.05) is 44.2 Å². The lowest BCUT2D eigenvalue weighted by Gasteiger charge is -2.33. The van der Waals surface area contributed by atoms with E-state index in [0.29, 0.717) is 37.4 Å². The fraction of sp³-hybridized carbons (Fsp3) is 0.500. The van der Waals surface area contributed by atoms with Crippen LogP contribution < -0.4 is 4.90 Å². The van der Waals surface area contributed by atoms with E-state index in [1.54, 1.807) is 23.5 Å². The Morgan fingerprint density at radius 3 is 2.27 bits per heavy atom. The predicted molar refractivity (Wildman–Crippen MR) is 152 cm³/mol. The van der Waals surface area contributed by atoms with Gasteiger partial charge in [-0.3, -0.25) is 9.69 Å². The minimum atomic E-state index is -3.56. The first-order chi connectivity index (χ1) is 17.6. The molecule has 2 heterocycles. The van der Waals surface area contributed by atoms with Crippen molar-refractivity contribution >= 4 is 42.6 Å². The van der Waals surface area contributed by atoms with E-state index < -0.39 is 10.0 Å². The van der Waals surface area contributed by atoms with Crippen LogP contribution in [-0.2, 0) is 14.8 Å². The Bertz CT molecular complexity index is 1340. The summed E-state index contributed by atoms with van der Waals surface area (Å²) in [5.74, 6) is -0.177. The van der Waals surface area contributed by atoms with Crippen LogP contribution in [0.1, 0.15) is 43.4 Å². The molecule has 1 aliphatic heterocycles. The zero-order valence-electron chi connectivity index (χ0n) is 22.5. The summed E-state index contributed by atoms with van der Waals surface area (Å²) >= 11 is 1.56. The Morgan fingerprint density at radius 2 is 1.65 bits per heavy atom. The van der Waals surface area contributed by atoms with Gasteiger partial charge >= 0.3 is 0 Å². The summed E-state index contributed by atoms with van der Waals surface area (Å²) in [6.07, 6.45) is 1.02. The number of sulfonamides is 1. The number of aryl methyl sites for hydroxylation is 3. The van der Waals surface area contributed by atoms with Gasteiger partial charge in [-0.25, -0.2) is 13.4 Å². The summed E-state index contributed by atoms with van der Waals surface area (Å²) in [5.41, 5.74) is 4.31. The van der Waals surface area contributed by atoms with Crippen LogP contribution in [0.2, 0.25) is 0 Å². The first-order valence-corrected chi connectivity index (χ1v) is 15.4. The fourth-order valence-corrected chi connectivity index (χ4v) is 7.36. The SMILES string of the molecule is CCN(CC)CCN(C(=O)C1CCN(S(=O)(=O)c2ccc(C)cc2)CC1)c1nc2c(C)c(C)ccc2s1. The molecule has 0 atom stereocenters. The van der Waals surface area contributed by atoms with Gasteiger partial charge in [-0.15, -0.1) is 0 Å². The number of hydrogen-bond acceptors (Lipinski definition) is 6. The van der Waals surface area contributed by atoms with Crippen molar-refractivity contribution in [2.24, 2.45) is 5.92 Å². The Kier molecular flexibility index (Phi) is 8.68. The number of carbonyl (C=O) groups excluding carboxylic acids is 1. The van der Waals surface area contributed by atoms with Crippen molar-refractivity contribution in [1.82, 2.24) is 14.2 Å². The van der Waals surface area contributed by atoms with Gasteiger partial charge in [0.05, 0.1) is 15.1 Å². The number of nitrogens with zero attached hydrogens (tertiary/aromatic N) is 4. The molecule has 1 aromatic heterocycles. The van der Waals surface area contributed by atoms with Crippen LogP contribution >= 0.6 is 11.3 Å². The second kappa shape index (κ2) is 11.6. The molecule has 0 bridgehead atoms. The highest BCUT2D eigenvalue weighted by atomic mass is 32.2. The van der Waals surface area contributed by atoms with Crippen LogP contribution in [0, 0.1) is 26.7 Å². The van der Waals surface area contributed by atoms with Gasteiger partial charge in [0.15, 0.2) is 5.13 Å². The summed E-state index contributed by atoms with van der Waals surface area (Å²) in [6, 6.07) is 11.1. The number of rotatable bonds is 9. The van der Waals surface area contributed by atoms with Gasteiger partial charge in [0.2, 0.25) is 15.9 Å². The number of likely N-dealkylation sites (N-methyl/N-ethyl adjacent to an activating group) is 1. The average Bonchev–Trinajstić information content (AvgIpc) is 3.33. The number of anilines is 1. The first kappa shape index (κ1) is 27.7. The van der Waals surface area contributed by atoms with Crippen LogP contribution in [0.4, 0.5) is 5.13 Å². The van der Waals surface area contributed by atoms with Crippen molar-refractivity contribution in [3.8, 4) is 0 Å². The van der Waals surface area contributed by atoms with Gasteiger partial charge < -0.3 is 4.90 Å². The van der Waals surface area contributed by atoms with Gasteiger partial charge in [-0.1, -0.05) is 48.9 Å². The largest absolute Gasteiger partial charge is 0.302 e. The van der Waals surface area contributed by atoms with Crippen LogP contribution in [0.5, 0.6) is 0 Å². The normalized spacial score (nSPS) is 15.5. The van der Waals surface area contributed by atoms with Gasteiger partial charge in [0, 0.05) is 32.1 Å². The molecule has 1 aliphatic rings. The van der Waals surface area contributed by atoms with E-state index in [1.807, 2.05) is 24.0 Å². The second-order valence-electron chi connectivity index (χ2n) is 9.86. The van der Waals surface area contributed by atoms with Gasteiger partial charge in [-0.05, 0) is 76.0 Å². The van der Waals surface area contributed by atoms with Crippen molar-refractivity contribution < 1.29 is 13.2 Å². The molecule has 200 valence electrons. The highest BCUT2D eigenvalue weighted by molar-refractivity contribution is 7.89. The van der Waals surface area contributed by atoms with Gasteiger partial charge in [-0.2, -0.15) is 4.31 Å². The topological polar surface area (TPSA) is 73.8 Å². The van der Waals surface area contributed by atoms with Crippen molar-refractivity contribution in [2.45, 2.75) is 52.4 Å². The third-order valence-corrected chi connectivity index (χ3v) is 10.5. The standard InChI is InChI=1S/C28H38N4O3S2/c1-6-30(7-2)18-19-32(28-29-26-22(5)21(4)10-13-25(26)36-28)27(33)23-14-16-31(17-15-23)37(34,35)24-11-8-20(3)9-12-24/h8-13,23H,6-7,14-19H2,1-5H3. The minimum absolute atomic E-state index is 0.0490. The number of benzene rings is 2. The molecule has 37 heavy (non-hydrogen) atoms. The molecule has 3 aromatic rings. The third kappa shape index (κ3) is 5.90. The molecular weight excluding hydrogens is 504 g/mol. The Labute approximate surface area is 225 Å². The Morgan fingerprint density at radius 1 is 1.00 bits per heavy atom. The number of amides is 1. The number of hydrogen-bond donors (Lipinski definition) is 0. The molecular formula is C28H38N4O3S2. The Hall–Kier alpha value is -2.33. The van der Waals surface area contributed by atoms with E-state index in [4.69, 9.17) is 4.98 Å². The lowest BCUT2D eigenvalue weighted by molar-refractivity contribution is -0.123. The van der Waals surface area contributed by atoms with Crippen LogP contribution in [0.25, 0.3) is 10.2 Å². The molecule has 1 amide bonds. The zero-order valence-corrected chi connectivity index (χ0v) is 24.2. The third-order valence-electron chi connectivity index (χ3n) is 7.57. The second-order valence-corrected chi connectivity index (χ2v) is 12.8. The summed E-state index contributed by atoms with van der Waals surface area (Å²) in [4.78, 5) is 23.3. The molecule has 1 saturated heterocycles. The first-order valence-electron chi connectivity index (χ1n) is 13.1. The molecule has 7 nitrogen and oxygen atoms in total. The molecule has 1 fully saturated rings. The fourth-order valence-electron chi connectivity index (χ4n) is 4.83. The minimum Gasteiger partial charge on any atom is -0.302 e. The van der Waals surface area contributed by atoms with Crippen LogP contribution in [0.15, 0.2) is 41.3 Å². The summed E-state index contributed by atoms with van der Waals surface area (Å²) in [6.45, 7) is 14.2. The smallest absolute Gasteiger partial charge is 0.243 e. The maximum atomic E-state index is 13.9. The van der Waals surface area contributed by atoms with Crippen LogP contribution in [-0.4, -0.2) is 67.8 Å². The summed E-state index contributed by atoms with van der Waals surface area (Å²) in [7, 11) is -3.56.